The molecule has 1 fully saturated rings. The smallest absolute Gasteiger partial charge is 0.159 e. The standard InChI is InChI=1S/C13H17F2NS/c14-11-2-1-10(8-12(11)15)13(16)7-9-3-5-17-6-4-9/h1-2,8-9,13H,3-7,16H2. The lowest BCUT2D eigenvalue weighted by atomic mass is 9.91. The molecular weight excluding hydrogens is 240 g/mol. The summed E-state index contributed by atoms with van der Waals surface area (Å²) in [6.45, 7) is 0. The number of nitrogens with two attached hydrogens (primary N) is 1. The summed E-state index contributed by atoms with van der Waals surface area (Å²) in [6, 6.07) is 3.78. The maximum Gasteiger partial charge on any atom is 0.159 e. The second-order valence-electron chi connectivity index (χ2n) is 4.57. The van der Waals surface area contributed by atoms with Crippen LogP contribution in [0.5, 0.6) is 0 Å². The fourth-order valence-electron chi connectivity index (χ4n) is 2.22. The van der Waals surface area contributed by atoms with Gasteiger partial charge in [-0.1, -0.05) is 6.07 Å². The van der Waals surface area contributed by atoms with Crippen molar-refractivity contribution in [2.24, 2.45) is 11.7 Å². The zero-order chi connectivity index (χ0) is 12.3. The van der Waals surface area contributed by atoms with Crippen molar-refractivity contribution in [2.45, 2.75) is 25.3 Å². The molecule has 1 aliphatic rings. The third kappa shape index (κ3) is 3.42. The van der Waals surface area contributed by atoms with E-state index in [1.165, 1.54) is 30.4 Å². The van der Waals surface area contributed by atoms with Gasteiger partial charge in [0.15, 0.2) is 11.6 Å². The SMILES string of the molecule is NC(CC1CCSCC1)c1ccc(F)c(F)c1. The predicted molar refractivity (Wildman–Crippen MR) is 68.0 cm³/mol. The van der Waals surface area contributed by atoms with Crippen LogP contribution in [0.1, 0.15) is 30.9 Å². The Morgan fingerprint density at radius 2 is 1.94 bits per heavy atom. The van der Waals surface area contributed by atoms with Gasteiger partial charge in [0.2, 0.25) is 0 Å². The van der Waals surface area contributed by atoms with E-state index in [9.17, 15) is 8.78 Å². The molecule has 1 aromatic carbocycles. The number of thioether (sulfide) groups is 1. The Bertz CT molecular complexity index is 378. The maximum absolute atomic E-state index is 13.1. The summed E-state index contributed by atoms with van der Waals surface area (Å²) in [5.74, 6) is 1.39. The van der Waals surface area contributed by atoms with Crippen molar-refractivity contribution in [2.75, 3.05) is 11.5 Å². The second-order valence-corrected chi connectivity index (χ2v) is 5.80. The molecule has 1 unspecified atom stereocenters. The molecule has 0 bridgehead atoms. The topological polar surface area (TPSA) is 26.0 Å². The number of benzene rings is 1. The van der Waals surface area contributed by atoms with Crippen molar-refractivity contribution in [3.63, 3.8) is 0 Å². The highest BCUT2D eigenvalue weighted by atomic mass is 32.2. The highest BCUT2D eigenvalue weighted by Gasteiger charge is 2.18. The van der Waals surface area contributed by atoms with Crippen LogP contribution in [-0.4, -0.2) is 11.5 Å². The molecular formula is C13H17F2NS. The van der Waals surface area contributed by atoms with Gasteiger partial charge in [0.25, 0.3) is 0 Å². The van der Waals surface area contributed by atoms with Crippen LogP contribution in [0.2, 0.25) is 0 Å². The van der Waals surface area contributed by atoms with E-state index < -0.39 is 11.6 Å². The molecule has 2 N–H and O–H groups in total. The molecule has 0 aliphatic carbocycles. The molecule has 1 saturated heterocycles. The van der Waals surface area contributed by atoms with E-state index in [2.05, 4.69) is 0 Å². The summed E-state index contributed by atoms with van der Waals surface area (Å²) in [6.07, 6.45) is 3.23. The summed E-state index contributed by atoms with van der Waals surface area (Å²) in [5.41, 5.74) is 6.75. The Labute approximate surface area is 105 Å². The van der Waals surface area contributed by atoms with Crippen molar-refractivity contribution in [3.05, 3.63) is 35.4 Å². The summed E-state index contributed by atoms with van der Waals surface area (Å²) in [4.78, 5) is 0. The molecule has 0 spiro atoms. The van der Waals surface area contributed by atoms with Gasteiger partial charge in [0, 0.05) is 6.04 Å². The zero-order valence-corrected chi connectivity index (χ0v) is 10.5. The van der Waals surface area contributed by atoms with Crippen LogP contribution in [0.4, 0.5) is 8.78 Å². The zero-order valence-electron chi connectivity index (χ0n) is 9.66. The molecule has 1 aliphatic heterocycles. The van der Waals surface area contributed by atoms with E-state index in [0.717, 1.165) is 12.5 Å². The largest absolute Gasteiger partial charge is 0.324 e. The van der Waals surface area contributed by atoms with Crippen molar-refractivity contribution < 1.29 is 8.78 Å². The minimum atomic E-state index is -0.810. The Morgan fingerprint density at radius 1 is 1.24 bits per heavy atom. The Morgan fingerprint density at radius 3 is 2.59 bits per heavy atom. The molecule has 0 aromatic heterocycles. The maximum atomic E-state index is 13.1. The van der Waals surface area contributed by atoms with Crippen LogP contribution in [0.25, 0.3) is 0 Å². The molecule has 1 atom stereocenters. The van der Waals surface area contributed by atoms with E-state index in [0.29, 0.717) is 11.5 Å². The fourth-order valence-corrected chi connectivity index (χ4v) is 3.42. The van der Waals surface area contributed by atoms with Gasteiger partial charge in [0.1, 0.15) is 0 Å². The fraction of sp³-hybridized carbons (Fsp3) is 0.538. The van der Waals surface area contributed by atoms with Gasteiger partial charge in [-0.3, -0.25) is 0 Å². The lowest BCUT2D eigenvalue weighted by molar-refractivity contribution is 0.411. The van der Waals surface area contributed by atoms with Crippen LogP contribution in [-0.2, 0) is 0 Å². The van der Waals surface area contributed by atoms with Crippen molar-refractivity contribution >= 4 is 11.8 Å². The molecule has 1 nitrogen and oxygen atoms in total. The van der Waals surface area contributed by atoms with Crippen LogP contribution in [0.15, 0.2) is 18.2 Å². The van der Waals surface area contributed by atoms with E-state index >= 15 is 0 Å². The Hall–Kier alpha value is -0.610. The quantitative estimate of drug-likeness (QED) is 0.897. The van der Waals surface area contributed by atoms with Gasteiger partial charge < -0.3 is 5.73 Å². The molecule has 0 saturated carbocycles. The molecule has 94 valence electrons. The molecule has 0 amide bonds. The average Bonchev–Trinajstić information content (AvgIpc) is 2.34. The highest BCUT2D eigenvalue weighted by molar-refractivity contribution is 7.99. The predicted octanol–water partition coefficient (Wildman–Crippen LogP) is 3.50. The minimum absolute atomic E-state index is 0.182. The molecule has 4 heteroatoms. The van der Waals surface area contributed by atoms with Crippen molar-refractivity contribution in [1.29, 1.82) is 0 Å². The number of halogens is 2. The van der Waals surface area contributed by atoms with Crippen molar-refractivity contribution in [1.82, 2.24) is 0 Å². The second kappa shape index (κ2) is 5.83. The molecule has 2 rings (SSSR count). The van der Waals surface area contributed by atoms with Gasteiger partial charge >= 0.3 is 0 Å². The van der Waals surface area contributed by atoms with E-state index in [4.69, 9.17) is 5.73 Å². The highest BCUT2D eigenvalue weighted by Crippen LogP contribution is 2.30. The third-order valence-electron chi connectivity index (χ3n) is 3.30. The Balaban J connectivity index is 1.98. The number of rotatable bonds is 3. The van der Waals surface area contributed by atoms with E-state index in [1.54, 1.807) is 6.07 Å². The molecule has 17 heavy (non-hydrogen) atoms. The third-order valence-corrected chi connectivity index (χ3v) is 4.35. The normalized spacial score (nSPS) is 19.2. The average molecular weight is 257 g/mol. The van der Waals surface area contributed by atoms with Crippen molar-refractivity contribution in [3.8, 4) is 0 Å². The van der Waals surface area contributed by atoms with Crippen LogP contribution < -0.4 is 5.73 Å². The first kappa shape index (κ1) is 12.8. The van der Waals surface area contributed by atoms with Gasteiger partial charge in [-0.15, -0.1) is 0 Å². The molecule has 1 heterocycles. The lowest BCUT2D eigenvalue weighted by Crippen LogP contribution is -2.19. The van der Waals surface area contributed by atoms with Gasteiger partial charge in [-0.2, -0.15) is 11.8 Å². The molecule has 1 aromatic rings. The van der Waals surface area contributed by atoms with E-state index in [1.807, 2.05) is 11.8 Å². The van der Waals surface area contributed by atoms with Crippen LogP contribution >= 0.6 is 11.8 Å². The summed E-state index contributed by atoms with van der Waals surface area (Å²) < 4.78 is 25.9. The Kier molecular flexibility index (Phi) is 4.40. The molecule has 0 radical (unpaired) electrons. The van der Waals surface area contributed by atoms with Gasteiger partial charge in [0.05, 0.1) is 0 Å². The monoisotopic (exact) mass is 257 g/mol. The number of hydrogen-bond donors (Lipinski definition) is 1. The summed E-state index contributed by atoms with van der Waals surface area (Å²) >= 11 is 1.98. The lowest BCUT2D eigenvalue weighted by Gasteiger charge is -2.24. The van der Waals surface area contributed by atoms with Gasteiger partial charge in [-0.25, -0.2) is 8.78 Å². The van der Waals surface area contributed by atoms with Crippen LogP contribution in [0, 0.1) is 17.6 Å². The first-order valence-electron chi connectivity index (χ1n) is 5.95. The van der Waals surface area contributed by atoms with Crippen LogP contribution in [0.3, 0.4) is 0 Å². The minimum Gasteiger partial charge on any atom is -0.324 e. The summed E-state index contributed by atoms with van der Waals surface area (Å²) in [5, 5.41) is 0. The van der Waals surface area contributed by atoms with Gasteiger partial charge in [-0.05, 0) is 54.4 Å². The summed E-state index contributed by atoms with van der Waals surface area (Å²) in [7, 11) is 0. The number of hydrogen-bond acceptors (Lipinski definition) is 2. The van der Waals surface area contributed by atoms with E-state index in [-0.39, 0.29) is 6.04 Å². The first-order chi connectivity index (χ1) is 8.16. The first-order valence-corrected chi connectivity index (χ1v) is 7.10.